The second-order valence-electron chi connectivity index (χ2n) is 8.34. The highest BCUT2D eigenvalue weighted by atomic mass is 16.4. The molecule has 0 aliphatic heterocycles. The molecule has 0 bridgehead atoms. The fraction of sp³-hybridized carbons (Fsp3) is 0.429. The van der Waals surface area contributed by atoms with Crippen LogP contribution in [0.15, 0.2) is 47.1 Å². The molecule has 0 fully saturated rings. The van der Waals surface area contributed by atoms with Crippen LogP contribution in [0.25, 0.3) is 0 Å². The SMILES string of the molecule is CC1(C)CCC(C)(C)C2=C1C=C(C(=O)Nc1ccc(C(=O)O)cc1)C2. The zero-order valence-corrected chi connectivity index (χ0v) is 15.3. The van der Waals surface area contributed by atoms with Crippen molar-refractivity contribution in [2.45, 2.75) is 47.0 Å². The highest BCUT2D eigenvalue weighted by Crippen LogP contribution is 2.54. The molecule has 3 rings (SSSR count). The zero-order chi connectivity index (χ0) is 18.4. The Morgan fingerprint density at radius 2 is 1.60 bits per heavy atom. The van der Waals surface area contributed by atoms with Crippen molar-refractivity contribution in [3.05, 3.63) is 52.6 Å². The number of hydrogen-bond acceptors (Lipinski definition) is 2. The molecule has 4 heteroatoms. The van der Waals surface area contributed by atoms with Gasteiger partial charge in [-0.25, -0.2) is 4.79 Å². The number of aromatic carboxylic acids is 1. The summed E-state index contributed by atoms with van der Waals surface area (Å²) in [5, 5.41) is 11.8. The van der Waals surface area contributed by atoms with Crippen molar-refractivity contribution in [1.29, 1.82) is 0 Å². The van der Waals surface area contributed by atoms with Crippen LogP contribution in [0.5, 0.6) is 0 Å². The molecule has 0 atom stereocenters. The minimum Gasteiger partial charge on any atom is -0.478 e. The maximum absolute atomic E-state index is 12.7. The standard InChI is InChI=1S/C21H25NO3/c1-20(2)9-10-21(3,4)17-12-14(11-16(17)20)18(23)22-15-7-5-13(6-8-15)19(24)25/h5-8,11H,9-10,12H2,1-4H3,(H,22,23)(H,24,25). The van der Waals surface area contributed by atoms with Gasteiger partial charge in [-0.3, -0.25) is 4.79 Å². The van der Waals surface area contributed by atoms with Crippen LogP contribution in [-0.2, 0) is 4.79 Å². The van der Waals surface area contributed by atoms with Gasteiger partial charge in [-0.2, -0.15) is 0 Å². The molecule has 2 aliphatic rings. The van der Waals surface area contributed by atoms with E-state index in [4.69, 9.17) is 5.11 Å². The van der Waals surface area contributed by atoms with E-state index in [2.05, 4.69) is 39.1 Å². The maximum atomic E-state index is 12.7. The lowest BCUT2D eigenvalue weighted by Gasteiger charge is -2.41. The second-order valence-corrected chi connectivity index (χ2v) is 8.34. The molecule has 1 aromatic rings. The van der Waals surface area contributed by atoms with E-state index in [0.717, 1.165) is 18.4 Å². The summed E-state index contributed by atoms with van der Waals surface area (Å²) in [6, 6.07) is 6.24. The number of allylic oxidation sites excluding steroid dienone is 3. The van der Waals surface area contributed by atoms with E-state index in [-0.39, 0.29) is 22.3 Å². The van der Waals surface area contributed by atoms with Crippen LogP contribution in [0.4, 0.5) is 5.69 Å². The molecule has 0 unspecified atom stereocenters. The first-order valence-electron chi connectivity index (χ1n) is 8.69. The molecule has 0 saturated carbocycles. The lowest BCUT2D eigenvalue weighted by Crippen LogP contribution is -2.28. The summed E-state index contributed by atoms with van der Waals surface area (Å²) < 4.78 is 0. The third-order valence-corrected chi connectivity index (χ3v) is 5.61. The van der Waals surface area contributed by atoms with Gasteiger partial charge in [0.25, 0.3) is 5.91 Å². The lowest BCUT2D eigenvalue weighted by atomic mass is 9.64. The van der Waals surface area contributed by atoms with Crippen molar-refractivity contribution in [3.63, 3.8) is 0 Å². The van der Waals surface area contributed by atoms with E-state index in [1.54, 1.807) is 12.1 Å². The molecule has 1 aromatic carbocycles. The van der Waals surface area contributed by atoms with E-state index in [1.807, 2.05) is 0 Å². The van der Waals surface area contributed by atoms with Gasteiger partial charge in [0.05, 0.1) is 5.56 Å². The second kappa shape index (κ2) is 5.87. The Labute approximate surface area is 148 Å². The van der Waals surface area contributed by atoms with Crippen LogP contribution >= 0.6 is 0 Å². The first-order chi connectivity index (χ1) is 11.6. The fourth-order valence-corrected chi connectivity index (χ4v) is 3.77. The zero-order valence-electron chi connectivity index (χ0n) is 15.3. The predicted octanol–water partition coefficient (Wildman–Crippen LogP) is 4.80. The van der Waals surface area contributed by atoms with Gasteiger partial charge in [-0.05, 0) is 66.0 Å². The minimum absolute atomic E-state index is 0.107. The summed E-state index contributed by atoms with van der Waals surface area (Å²) in [4.78, 5) is 23.6. The number of carbonyl (C=O) groups excluding carboxylic acids is 1. The topological polar surface area (TPSA) is 66.4 Å². The van der Waals surface area contributed by atoms with E-state index < -0.39 is 5.97 Å². The molecule has 0 aromatic heterocycles. The number of carboxylic acids is 1. The first-order valence-corrected chi connectivity index (χ1v) is 8.69. The van der Waals surface area contributed by atoms with Crippen LogP contribution in [0, 0.1) is 10.8 Å². The quantitative estimate of drug-likeness (QED) is 0.831. The number of benzene rings is 1. The Morgan fingerprint density at radius 1 is 1.00 bits per heavy atom. The van der Waals surface area contributed by atoms with Gasteiger partial charge < -0.3 is 10.4 Å². The largest absolute Gasteiger partial charge is 0.478 e. The Balaban J connectivity index is 1.78. The Bertz CT molecular complexity index is 795. The number of carbonyl (C=O) groups is 2. The molecule has 1 amide bonds. The molecule has 4 nitrogen and oxygen atoms in total. The molecule has 0 saturated heterocycles. The van der Waals surface area contributed by atoms with E-state index in [9.17, 15) is 9.59 Å². The number of nitrogens with one attached hydrogen (secondary N) is 1. The fourth-order valence-electron chi connectivity index (χ4n) is 3.77. The first kappa shape index (κ1) is 17.5. The molecule has 132 valence electrons. The van der Waals surface area contributed by atoms with Gasteiger partial charge in [-0.1, -0.05) is 33.3 Å². The van der Waals surface area contributed by atoms with Crippen LogP contribution in [0.3, 0.4) is 0 Å². The number of carboxylic acid groups (broad SMARTS) is 1. The molecule has 0 spiro atoms. The van der Waals surface area contributed by atoms with Gasteiger partial charge in [-0.15, -0.1) is 0 Å². The molecular formula is C21H25NO3. The van der Waals surface area contributed by atoms with Gasteiger partial charge in [0, 0.05) is 11.3 Å². The average Bonchev–Trinajstić information content (AvgIpc) is 3.00. The van der Waals surface area contributed by atoms with Crippen molar-refractivity contribution >= 4 is 17.6 Å². The Kier molecular flexibility index (Phi) is 4.10. The number of amides is 1. The Morgan fingerprint density at radius 3 is 2.16 bits per heavy atom. The van der Waals surface area contributed by atoms with Crippen molar-refractivity contribution in [2.75, 3.05) is 5.32 Å². The highest BCUT2D eigenvalue weighted by molar-refractivity contribution is 6.05. The summed E-state index contributed by atoms with van der Waals surface area (Å²) in [7, 11) is 0. The van der Waals surface area contributed by atoms with E-state index in [1.165, 1.54) is 23.3 Å². The average molecular weight is 339 g/mol. The van der Waals surface area contributed by atoms with Gasteiger partial charge >= 0.3 is 5.97 Å². The molecule has 25 heavy (non-hydrogen) atoms. The van der Waals surface area contributed by atoms with Crippen molar-refractivity contribution in [2.24, 2.45) is 10.8 Å². The normalized spacial score (nSPS) is 20.7. The molecule has 0 heterocycles. The Hall–Kier alpha value is -2.36. The van der Waals surface area contributed by atoms with Crippen LogP contribution < -0.4 is 5.32 Å². The van der Waals surface area contributed by atoms with Crippen LogP contribution in [0.2, 0.25) is 0 Å². The summed E-state index contributed by atoms with van der Waals surface area (Å²) in [5.41, 5.74) is 4.54. The van der Waals surface area contributed by atoms with Crippen molar-refractivity contribution in [1.82, 2.24) is 0 Å². The van der Waals surface area contributed by atoms with Crippen LogP contribution in [-0.4, -0.2) is 17.0 Å². The predicted molar refractivity (Wildman–Crippen MR) is 98.6 cm³/mol. The third kappa shape index (κ3) is 3.26. The summed E-state index contributed by atoms with van der Waals surface area (Å²) in [6.45, 7) is 9.02. The number of rotatable bonds is 3. The van der Waals surface area contributed by atoms with Gasteiger partial charge in [0.2, 0.25) is 0 Å². The van der Waals surface area contributed by atoms with Crippen LogP contribution in [0.1, 0.15) is 57.3 Å². The monoisotopic (exact) mass is 339 g/mol. The van der Waals surface area contributed by atoms with Crippen molar-refractivity contribution in [3.8, 4) is 0 Å². The lowest BCUT2D eigenvalue weighted by molar-refractivity contribution is -0.112. The summed E-state index contributed by atoms with van der Waals surface area (Å²) >= 11 is 0. The minimum atomic E-state index is -0.974. The van der Waals surface area contributed by atoms with E-state index in [0.29, 0.717) is 12.1 Å². The van der Waals surface area contributed by atoms with Gasteiger partial charge in [0.1, 0.15) is 0 Å². The highest BCUT2D eigenvalue weighted by Gasteiger charge is 2.41. The molecule has 0 radical (unpaired) electrons. The van der Waals surface area contributed by atoms with Crippen molar-refractivity contribution < 1.29 is 14.7 Å². The third-order valence-electron chi connectivity index (χ3n) is 5.61. The van der Waals surface area contributed by atoms with E-state index >= 15 is 0 Å². The summed E-state index contributed by atoms with van der Waals surface area (Å²) in [5.74, 6) is -1.08. The van der Waals surface area contributed by atoms with Gasteiger partial charge in [0.15, 0.2) is 0 Å². The smallest absolute Gasteiger partial charge is 0.335 e. The maximum Gasteiger partial charge on any atom is 0.335 e. The number of hydrogen-bond donors (Lipinski definition) is 2. The number of anilines is 1. The molecule has 2 N–H and O–H groups in total. The molecule has 2 aliphatic carbocycles. The summed E-state index contributed by atoms with van der Waals surface area (Å²) in [6.07, 6.45) is 5.03. The molecular weight excluding hydrogens is 314 g/mol.